The summed E-state index contributed by atoms with van der Waals surface area (Å²) in [5, 5.41) is 3.34. The molecule has 1 atom stereocenters. The maximum absolute atomic E-state index is 12.6. The van der Waals surface area contributed by atoms with Gasteiger partial charge in [-0.1, -0.05) is 6.07 Å². The van der Waals surface area contributed by atoms with Gasteiger partial charge in [0.1, 0.15) is 0 Å². The summed E-state index contributed by atoms with van der Waals surface area (Å²) in [5.41, 5.74) is 3.88. The van der Waals surface area contributed by atoms with E-state index in [2.05, 4.69) is 20.9 Å². The molecule has 1 unspecified atom stereocenters. The highest BCUT2D eigenvalue weighted by Gasteiger charge is 2.27. The van der Waals surface area contributed by atoms with Gasteiger partial charge in [0.25, 0.3) is 0 Å². The molecule has 0 amide bonds. The van der Waals surface area contributed by atoms with Gasteiger partial charge in [0.2, 0.25) is 0 Å². The summed E-state index contributed by atoms with van der Waals surface area (Å²) < 4.78 is 28.8. The lowest BCUT2D eigenvalue weighted by Gasteiger charge is -2.13. The Labute approximate surface area is 170 Å². The van der Waals surface area contributed by atoms with Gasteiger partial charge in [-0.15, -0.1) is 0 Å². The maximum atomic E-state index is 12.6. The van der Waals surface area contributed by atoms with Crippen molar-refractivity contribution in [2.75, 3.05) is 18.1 Å². The topological polar surface area (TPSA) is 90.9 Å². The molecule has 0 spiro atoms. The summed E-state index contributed by atoms with van der Waals surface area (Å²) in [6.45, 7) is 6.60. The van der Waals surface area contributed by atoms with Crippen molar-refractivity contribution >= 4 is 20.9 Å². The summed E-state index contributed by atoms with van der Waals surface area (Å²) in [4.78, 5) is 16.9. The first-order valence-corrected chi connectivity index (χ1v) is 11.9. The van der Waals surface area contributed by atoms with E-state index >= 15 is 0 Å². The number of hydrogen-bond acceptors (Lipinski definition) is 5. The van der Waals surface area contributed by atoms with Crippen LogP contribution in [-0.2, 0) is 29.5 Å². The molecule has 9 heteroatoms. The van der Waals surface area contributed by atoms with Gasteiger partial charge in [-0.2, -0.15) is 0 Å². The maximum Gasteiger partial charge on any atom is 0.329 e. The normalized spacial score (nSPS) is 18.6. The molecular formula is C20H27N5O3S. The van der Waals surface area contributed by atoms with Crippen molar-refractivity contribution in [1.82, 2.24) is 24.0 Å². The average Bonchev–Trinajstić information content (AvgIpc) is 3.36. The third-order valence-electron chi connectivity index (χ3n) is 5.68. The third-order valence-corrected chi connectivity index (χ3v) is 7.45. The van der Waals surface area contributed by atoms with Crippen LogP contribution in [0.15, 0.2) is 35.5 Å². The van der Waals surface area contributed by atoms with Gasteiger partial charge in [-0.25, -0.2) is 18.2 Å². The van der Waals surface area contributed by atoms with E-state index in [-0.39, 0.29) is 23.2 Å². The Bertz CT molecular complexity index is 1190. The van der Waals surface area contributed by atoms with E-state index < -0.39 is 9.84 Å². The molecule has 1 saturated heterocycles. The van der Waals surface area contributed by atoms with Crippen molar-refractivity contribution in [2.45, 2.75) is 45.9 Å². The molecule has 29 heavy (non-hydrogen) atoms. The minimum atomic E-state index is -2.87. The Morgan fingerprint density at radius 2 is 1.93 bits per heavy atom. The van der Waals surface area contributed by atoms with Crippen LogP contribution in [0.2, 0.25) is 0 Å². The Morgan fingerprint density at radius 3 is 2.62 bits per heavy atom. The zero-order valence-electron chi connectivity index (χ0n) is 16.8. The number of nitrogens with one attached hydrogen (secondary N) is 1. The number of rotatable bonds is 7. The predicted octanol–water partition coefficient (Wildman–Crippen LogP) is 1.48. The molecule has 1 aromatic carbocycles. The lowest BCUT2D eigenvalue weighted by atomic mass is 10.1. The van der Waals surface area contributed by atoms with Crippen molar-refractivity contribution in [3.05, 3.63) is 41.2 Å². The summed E-state index contributed by atoms with van der Waals surface area (Å²) in [5.74, 6) is 0.501. The SMILES string of the molecule is CCn1c(=O)n(CC)c2cc(-c3cncn3CCNC3CCS(=O)(=O)C3)ccc21. The van der Waals surface area contributed by atoms with E-state index in [9.17, 15) is 13.2 Å². The molecule has 1 fully saturated rings. The van der Waals surface area contributed by atoms with Gasteiger partial charge >= 0.3 is 5.69 Å². The number of aryl methyl sites for hydroxylation is 2. The zero-order valence-corrected chi connectivity index (χ0v) is 17.7. The van der Waals surface area contributed by atoms with Crippen LogP contribution in [0.25, 0.3) is 22.3 Å². The highest BCUT2D eigenvalue weighted by atomic mass is 32.2. The molecule has 0 bridgehead atoms. The molecule has 1 aliphatic heterocycles. The molecule has 0 aliphatic carbocycles. The fourth-order valence-electron chi connectivity index (χ4n) is 4.17. The summed E-state index contributed by atoms with van der Waals surface area (Å²) in [7, 11) is -2.87. The zero-order chi connectivity index (χ0) is 20.6. The largest absolute Gasteiger partial charge is 0.329 e. The van der Waals surface area contributed by atoms with Crippen LogP contribution in [0.3, 0.4) is 0 Å². The first-order chi connectivity index (χ1) is 13.9. The molecule has 1 N–H and O–H groups in total. The number of hydrogen-bond donors (Lipinski definition) is 1. The van der Waals surface area contributed by atoms with Crippen molar-refractivity contribution in [3.8, 4) is 11.3 Å². The lowest BCUT2D eigenvalue weighted by molar-refractivity contribution is 0.521. The minimum absolute atomic E-state index is 0.0198. The fraction of sp³-hybridized carbons (Fsp3) is 0.500. The van der Waals surface area contributed by atoms with Gasteiger partial charge in [-0.3, -0.25) is 9.13 Å². The number of fused-ring (bicyclic) bond motifs is 1. The summed E-state index contributed by atoms with van der Waals surface area (Å²) in [6, 6.07) is 6.12. The molecule has 156 valence electrons. The van der Waals surface area contributed by atoms with Gasteiger partial charge in [-0.05, 0) is 32.4 Å². The molecular weight excluding hydrogens is 390 g/mol. The Morgan fingerprint density at radius 1 is 1.17 bits per heavy atom. The number of imidazole rings is 2. The number of benzene rings is 1. The number of sulfone groups is 1. The molecule has 3 heterocycles. The second-order valence-electron chi connectivity index (χ2n) is 7.50. The molecule has 4 rings (SSSR count). The molecule has 2 aromatic heterocycles. The highest BCUT2D eigenvalue weighted by Crippen LogP contribution is 2.24. The predicted molar refractivity (Wildman–Crippen MR) is 114 cm³/mol. The van der Waals surface area contributed by atoms with E-state index in [4.69, 9.17) is 0 Å². The lowest BCUT2D eigenvalue weighted by Crippen LogP contribution is -2.32. The Balaban J connectivity index is 1.56. The smallest absolute Gasteiger partial charge is 0.329 e. The molecule has 8 nitrogen and oxygen atoms in total. The number of nitrogens with zero attached hydrogens (tertiary/aromatic N) is 4. The van der Waals surface area contributed by atoms with Crippen LogP contribution in [0.4, 0.5) is 0 Å². The van der Waals surface area contributed by atoms with Gasteiger partial charge in [0.05, 0.1) is 40.8 Å². The highest BCUT2D eigenvalue weighted by molar-refractivity contribution is 7.91. The Hall–Kier alpha value is -2.39. The van der Waals surface area contributed by atoms with Crippen LogP contribution >= 0.6 is 0 Å². The van der Waals surface area contributed by atoms with Gasteiger partial charge in [0, 0.05) is 37.8 Å². The summed E-state index contributed by atoms with van der Waals surface area (Å²) >= 11 is 0. The van der Waals surface area contributed by atoms with E-state index in [0.717, 1.165) is 22.3 Å². The standard InChI is InChI=1S/C20H27N5O3S/c1-3-24-17-6-5-15(11-18(17)25(4-2)20(24)26)19-12-21-14-23(19)9-8-22-16-7-10-29(27,28)13-16/h5-6,11-12,14,16,22H,3-4,7-10,13H2,1-2H3. The van der Waals surface area contributed by atoms with Gasteiger partial charge < -0.3 is 9.88 Å². The molecule has 0 radical (unpaired) electrons. The molecule has 3 aromatic rings. The average molecular weight is 418 g/mol. The Kier molecular flexibility index (Phi) is 5.35. The van der Waals surface area contributed by atoms with Crippen molar-refractivity contribution < 1.29 is 8.42 Å². The molecule has 1 aliphatic rings. The van der Waals surface area contributed by atoms with E-state index in [1.54, 1.807) is 15.5 Å². The van der Waals surface area contributed by atoms with Crippen LogP contribution < -0.4 is 11.0 Å². The van der Waals surface area contributed by atoms with Crippen LogP contribution in [0, 0.1) is 0 Å². The summed E-state index contributed by atoms with van der Waals surface area (Å²) in [6.07, 6.45) is 4.29. The quantitative estimate of drug-likeness (QED) is 0.629. The first kappa shape index (κ1) is 19.9. The second kappa shape index (κ2) is 7.79. The second-order valence-corrected chi connectivity index (χ2v) is 9.73. The van der Waals surface area contributed by atoms with Crippen molar-refractivity contribution in [3.63, 3.8) is 0 Å². The third kappa shape index (κ3) is 3.76. The molecule has 0 saturated carbocycles. The van der Waals surface area contributed by atoms with Gasteiger partial charge in [0.15, 0.2) is 9.84 Å². The van der Waals surface area contributed by atoms with E-state index in [1.165, 1.54) is 0 Å². The monoisotopic (exact) mass is 417 g/mol. The fourth-order valence-corrected chi connectivity index (χ4v) is 5.88. The van der Waals surface area contributed by atoms with Crippen molar-refractivity contribution in [2.24, 2.45) is 0 Å². The van der Waals surface area contributed by atoms with Crippen LogP contribution in [0.1, 0.15) is 20.3 Å². The van der Waals surface area contributed by atoms with E-state index in [1.807, 2.05) is 32.2 Å². The van der Waals surface area contributed by atoms with E-state index in [0.29, 0.717) is 32.6 Å². The van der Waals surface area contributed by atoms with Crippen LogP contribution in [0.5, 0.6) is 0 Å². The first-order valence-electron chi connectivity index (χ1n) is 10.1. The van der Waals surface area contributed by atoms with Crippen molar-refractivity contribution in [1.29, 1.82) is 0 Å². The number of aromatic nitrogens is 4. The van der Waals surface area contributed by atoms with Crippen LogP contribution in [-0.4, -0.2) is 51.2 Å². The minimum Gasteiger partial charge on any atom is -0.329 e.